The van der Waals surface area contributed by atoms with Crippen LogP contribution in [0.25, 0.3) is 5.65 Å². The van der Waals surface area contributed by atoms with Gasteiger partial charge in [0.25, 0.3) is 0 Å². The summed E-state index contributed by atoms with van der Waals surface area (Å²) in [5.41, 5.74) is 2.35. The maximum absolute atomic E-state index is 12.5. The molecule has 1 aromatic carbocycles. The van der Waals surface area contributed by atoms with Crippen molar-refractivity contribution in [1.82, 2.24) is 14.6 Å². The number of hydrogen-bond donors (Lipinski definition) is 1. The second kappa shape index (κ2) is 9.14. The molecule has 3 rings (SSSR count). The number of aromatic nitrogens is 3. The van der Waals surface area contributed by atoms with Gasteiger partial charge in [-0.25, -0.2) is 9.50 Å². The minimum Gasteiger partial charge on any atom is -0.405 e. The van der Waals surface area contributed by atoms with Crippen molar-refractivity contribution in [3.8, 4) is 5.75 Å². The third-order valence-corrected chi connectivity index (χ3v) is 3.91. The molecule has 2 heterocycles. The average molecular weight is 415 g/mol. The van der Waals surface area contributed by atoms with Crippen LogP contribution >= 0.6 is 11.6 Å². The fraction of sp³-hybridized carbons (Fsp3) is 0.368. The summed E-state index contributed by atoms with van der Waals surface area (Å²) < 4.78 is 43.3. The van der Waals surface area contributed by atoms with Gasteiger partial charge in [-0.3, -0.25) is 0 Å². The number of para-hydroxylation sites is 1. The van der Waals surface area contributed by atoms with E-state index in [1.807, 2.05) is 27.7 Å². The zero-order valence-corrected chi connectivity index (χ0v) is 16.8. The lowest BCUT2D eigenvalue weighted by Crippen LogP contribution is -2.18. The van der Waals surface area contributed by atoms with Crippen LogP contribution in [0.15, 0.2) is 36.5 Å². The lowest BCUT2D eigenvalue weighted by atomic mass is 10.1. The molecule has 0 fully saturated rings. The largest absolute Gasteiger partial charge is 0.573 e. The highest BCUT2D eigenvalue weighted by Crippen LogP contribution is 2.28. The van der Waals surface area contributed by atoms with Gasteiger partial charge in [0.15, 0.2) is 10.8 Å². The standard InChI is InChI=1S/C17H16ClF3N4O.C2H6/c1-10(2)13-9-23-16-12(7-15(18)24-25(13)16)22-8-11-5-3-4-6-14(11)26-17(19,20)21;1-2/h3-7,9-10,22H,8H2,1-2H3;1-2H3. The first-order valence-corrected chi connectivity index (χ1v) is 9.24. The van der Waals surface area contributed by atoms with Crippen molar-refractivity contribution in [2.75, 3.05) is 5.32 Å². The summed E-state index contributed by atoms with van der Waals surface area (Å²) in [5, 5.41) is 7.56. The van der Waals surface area contributed by atoms with E-state index < -0.39 is 6.36 Å². The van der Waals surface area contributed by atoms with Crippen molar-refractivity contribution in [2.24, 2.45) is 0 Å². The smallest absolute Gasteiger partial charge is 0.405 e. The molecule has 28 heavy (non-hydrogen) atoms. The fourth-order valence-electron chi connectivity index (χ4n) is 2.54. The molecule has 2 aromatic heterocycles. The molecule has 0 spiro atoms. The van der Waals surface area contributed by atoms with Crippen LogP contribution in [0.5, 0.6) is 5.75 Å². The van der Waals surface area contributed by atoms with Gasteiger partial charge in [0, 0.05) is 18.2 Å². The van der Waals surface area contributed by atoms with Crippen molar-refractivity contribution < 1.29 is 17.9 Å². The van der Waals surface area contributed by atoms with Crippen LogP contribution in [0, 0.1) is 0 Å². The van der Waals surface area contributed by atoms with Gasteiger partial charge in [0.1, 0.15) is 5.75 Å². The highest BCUT2D eigenvalue weighted by atomic mass is 35.5. The molecule has 0 bridgehead atoms. The van der Waals surface area contributed by atoms with Crippen molar-refractivity contribution in [1.29, 1.82) is 0 Å². The lowest BCUT2D eigenvalue weighted by Gasteiger charge is -2.14. The molecule has 0 unspecified atom stereocenters. The third kappa shape index (κ3) is 5.28. The van der Waals surface area contributed by atoms with E-state index in [4.69, 9.17) is 11.6 Å². The topological polar surface area (TPSA) is 51.5 Å². The maximum atomic E-state index is 12.5. The number of benzene rings is 1. The monoisotopic (exact) mass is 414 g/mol. The average Bonchev–Trinajstić information content (AvgIpc) is 3.05. The molecule has 0 saturated heterocycles. The van der Waals surface area contributed by atoms with Crippen LogP contribution < -0.4 is 10.1 Å². The number of rotatable bonds is 5. The first kappa shape index (κ1) is 21.8. The Kier molecular flexibility index (Phi) is 7.12. The number of nitrogens with zero attached hydrogens (tertiary/aromatic N) is 3. The summed E-state index contributed by atoms with van der Waals surface area (Å²) in [6.07, 6.45) is -3.05. The molecule has 1 N–H and O–H groups in total. The molecule has 3 aromatic rings. The van der Waals surface area contributed by atoms with Crippen molar-refractivity contribution >= 4 is 22.9 Å². The van der Waals surface area contributed by atoms with E-state index >= 15 is 0 Å². The molecule has 9 heteroatoms. The van der Waals surface area contributed by atoms with Crippen molar-refractivity contribution in [3.05, 3.63) is 52.9 Å². The Balaban J connectivity index is 0.00000136. The minimum atomic E-state index is -4.75. The normalized spacial score (nSPS) is 11.3. The third-order valence-electron chi connectivity index (χ3n) is 3.72. The number of nitrogens with one attached hydrogen (secondary N) is 1. The first-order valence-electron chi connectivity index (χ1n) is 8.86. The molecule has 0 aliphatic heterocycles. The number of halogens is 4. The Bertz CT molecular complexity index is 925. The van der Waals surface area contributed by atoms with E-state index in [-0.39, 0.29) is 23.4 Å². The lowest BCUT2D eigenvalue weighted by molar-refractivity contribution is -0.274. The molecule has 0 aliphatic rings. The first-order chi connectivity index (χ1) is 13.2. The summed E-state index contributed by atoms with van der Waals surface area (Å²) >= 11 is 6.08. The van der Waals surface area contributed by atoms with E-state index in [0.29, 0.717) is 16.9 Å². The van der Waals surface area contributed by atoms with Crippen LogP contribution in [0.2, 0.25) is 5.15 Å². The number of hydrogen-bond acceptors (Lipinski definition) is 4. The highest BCUT2D eigenvalue weighted by Gasteiger charge is 2.32. The predicted octanol–water partition coefficient (Wildman–Crippen LogP) is 6.04. The van der Waals surface area contributed by atoms with Crippen molar-refractivity contribution in [3.63, 3.8) is 0 Å². The van der Waals surface area contributed by atoms with Gasteiger partial charge < -0.3 is 10.1 Å². The van der Waals surface area contributed by atoms with Crippen LogP contribution in [-0.2, 0) is 6.54 Å². The zero-order valence-electron chi connectivity index (χ0n) is 16.0. The van der Waals surface area contributed by atoms with Crippen LogP contribution in [0.1, 0.15) is 44.9 Å². The molecule has 0 amide bonds. The van der Waals surface area contributed by atoms with Gasteiger partial charge in [-0.2, -0.15) is 5.10 Å². The zero-order chi connectivity index (χ0) is 20.9. The number of alkyl halides is 3. The highest BCUT2D eigenvalue weighted by molar-refractivity contribution is 6.29. The van der Waals surface area contributed by atoms with Gasteiger partial charge in [-0.05, 0) is 12.0 Å². The summed E-state index contributed by atoms with van der Waals surface area (Å²) in [4.78, 5) is 4.34. The molecule has 152 valence electrons. The minimum absolute atomic E-state index is 0.103. The van der Waals surface area contributed by atoms with E-state index in [1.54, 1.807) is 28.9 Å². The van der Waals surface area contributed by atoms with Gasteiger partial charge in [0.05, 0.1) is 17.6 Å². The van der Waals surface area contributed by atoms with Crippen LogP contribution in [0.4, 0.5) is 18.9 Å². The molecule has 0 saturated carbocycles. The Morgan fingerprint density at radius 3 is 2.54 bits per heavy atom. The Labute approximate surface area is 166 Å². The number of anilines is 1. The fourth-order valence-corrected chi connectivity index (χ4v) is 2.73. The summed E-state index contributed by atoms with van der Waals surface area (Å²) in [7, 11) is 0. The Hall–Kier alpha value is -2.48. The predicted molar refractivity (Wildman–Crippen MR) is 104 cm³/mol. The second-order valence-corrected chi connectivity index (χ2v) is 6.35. The van der Waals surface area contributed by atoms with Crippen LogP contribution in [0.3, 0.4) is 0 Å². The number of fused-ring (bicyclic) bond motifs is 1. The molecular weight excluding hydrogens is 393 g/mol. The Morgan fingerprint density at radius 2 is 1.89 bits per heavy atom. The summed E-state index contributed by atoms with van der Waals surface area (Å²) in [5.74, 6) is -0.0698. The summed E-state index contributed by atoms with van der Waals surface area (Å²) in [6, 6.07) is 7.53. The SMILES string of the molecule is CC.CC(C)c1cnc2c(NCc3ccccc3OC(F)(F)F)cc(Cl)nn12. The molecule has 0 radical (unpaired) electrons. The van der Waals surface area contributed by atoms with Gasteiger partial charge in [-0.1, -0.05) is 57.5 Å². The molecule has 0 aliphatic carbocycles. The molecular formula is C19H22ClF3N4O. The van der Waals surface area contributed by atoms with E-state index in [2.05, 4.69) is 20.1 Å². The van der Waals surface area contributed by atoms with Gasteiger partial charge >= 0.3 is 6.36 Å². The van der Waals surface area contributed by atoms with Crippen LogP contribution in [-0.4, -0.2) is 21.0 Å². The number of ether oxygens (including phenoxy) is 1. The van der Waals surface area contributed by atoms with Gasteiger partial charge in [-0.15, -0.1) is 13.2 Å². The maximum Gasteiger partial charge on any atom is 0.573 e. The molecule has 5 nitrogen and oxygen atoms in total. The van der Waals surface area contributed by atoms with E-state index in [1.165, 1.54) is 12.1 Å². The Morgan fingerprint density at radius 1 is 1.21 bits per heavy atom. The van der Waals surface area contributed by atoms with Crippen molar-refractivity contribution in [2.45, 2.75) is 46.5 Å². The van der Waals surface area contributed by atoms with E-state index in [9.17, 15) is 13.2 Å². The second-order valence-electron chi connectivity index (χ2n) is 5.96. The number of imidazole rings is 1. The quantitative estimate of drug-likeness (QED) is 0.552. The molecule has 0 atom stereocenters. The summed E-state index contributed by atoms with van der Waals surface area (Å²) in [6.45, 7) is 8.11. The van der Waals surface area contributed by atoms with E-state index in [0.717, 1.165) is 5.69 Å². The van der Waals surface area contributed by atoms with Gasteiger partial charge in [0.2, 0.25) is 0 Å².